The van der Waals surface area contributed by atoms with Crippen LogP contribution in [-0.4, -0.2) is 16.6 Å². The molecule has 0 unspecified atom stereocenters. The summed E-state index contributed by atoms with van der Waals surface area (Å²) in [7, 11) is 0. The quantitative estimate of drug-likeness (QED) is 0.696. The van der Waals surface area contributed by atoms with Crippen LogP contribution in [0.25, 0.3) is 0 Å². The van der Waals surface area contributed by atoms with Gasteiger partial charge in [-0.25, -0.2) is 5.43 Å². The van der Waals surface area contributed by atoms with E-state index in [9.17, 15) is 4.79 Å². The lowest BCUT2D eigenvalue weighted by Gasteiger charge is -2.04. The third-order valence-electron chi connectivity index (χ3n) is 2.70. The SMILES string of the molecule is C/C(=N\NC(=O)c1ccccc1Cl)c1cccc(C)n1. The molecular weight excluding hydrogens is 274 g/mol. The minimum Gasteiger partial charge on any atom is -0.267 e. The van der Waals surface area contributed by atoms with Gasteiger partial charge in [0.2, 0.25) is 0 Å². The maximum atomic E-state index is 11.9. The molecule has 0 spiro atoms. The third-order valence-corrected chi connectivity index (χ3v) is 3.03. The highest BCUT2D eigenvalue weighted by Crippen LogP contribution is 2.14. The van der Waals surface area contributed by atoms with Gasteiger partial charge in [0.05, 0.1) is 22.0 Å². The fraction of sp³-hybridized carbons (Fsp3) is 0.133. The molecule has 1 amide bonds. The molecule has 4 nitrogen and oxygen atoms in total. The first kappa shape index (κ1) is 14.2. The largest absolute Gasteiger partial charge is 0.272 e. The van der Waals surface area contributed by atoms with E-state index >= 15 is 0 Å². The number of halogens is 1. The van der Waals surface area contributed by atoms with Crippen molar-refractivity contribution in [3.63, 3.8) is 0 Å². The van der Waals surface area contributed by atoms with Gasteiger partial charge in [0, 0.05) is 5.69 Å². The van der Waals surface area contributed by atoms with Gasteiger partial charge in [-0.15, -0.1) is 0 Å². The highest BCUT2D eigenvalue weighted by molar-refractivity contribution is 6.33. The third kappa shape index (κ3) is 3.42. The van der Waals surface area contributed by atoms with Crippen LogP contribution in [0, 0.1) is 6.92 Å². The molecule has 0 radical (unpaired) electrons. The smallest absolute Gasteiger partial charge is 0.267 e. The molecule has 0 saturated heterocycles. The zero-order chi connectivity index (χ0) is 14.5. The predicted molar refractivity (Wildman–Crippen MR) is 80.1 cm³/mol. The van der Waals surface area contributed by atoms with Gasteiger partial charge in [-0.3, -0.25) is 9.78 Å². The Hall–Kier alpha value is -2.20. The summed E-state index contributed by atoms with van der Waals surface area (Å²) in [6, 6.07) is 12.5. The van der Waals surface area contributed by atoms with Crippen LogP contribution in [-0.2, 0) is 0 Å². The van der Waals surface area contributed by atoms with Crippen molar-refractivity contribution in [1.29, 1.82) is 0 Å². The normalized spacial score (nSPS) is 11.2. The second kappa shape index (κ2) is 6.30. The summed E-state index contributed by atoms with van der Waals surface area (Å²) in [5.41, 5.74) is 5.13. The Balaban J connectivity index is 2.13. The van der Waals surface area contributed by atoms with Gasteiger partial charge < -0.3 is 0 Å². The van der Waals surface area contributed by atoms with Crippen molar-refractivity contribution in [1.82, 2.24) is 10.4 Å². The first-order valence-electron chi connectivity index (χ1n) is 6.11. The molecule has 1 heterocycles. The second-order valence-electron chi connectivity index (χ2n) is 4.28. The molecule has 102 valence electrons. The molecule has 0 atom stereocenters. The lowest BCUT2D eigenvalue weighted by Crippen LogP contribution is -2.20. The number of hydrazone groups is 1. The van der Waals surface area contributed by atoms with E-state index in [1.165, 1.54) is 0 Å². The molecule has 2 rings (SSSR count). The lowest BCUT2D eigenvalue weighted by molar-refractivity contribution is 0.0955. The van der Waals surface area contributed by atoms with E-state index in [4.69, 9.17) is 11.6 Å². The minimum atomic E-state index is -0.345. The number of aromatic nitrogens is 1. The number of nitrogens with zero attached hydrogens (tertiary/aromatic N) is 2. The summed E-state index contributed by atoms with van der Waals surface area (Å²) in [4.78, 5) is 16.3. The molecule has 20 heavy (non-hydrogen) atoms. The average molecular weight is 288 g/mol. The molecule has 0 aliphatic carbocycles. The van der Waals surface area contributed by atoms with Gasteiger partial charge >= 0.3 is 0 Å². The van der Waals surface area contributed by atoms with Crippen LogP contribution in [0.3, 0.4) is 0 Å². The Morgan fingerprint density at radius 2 is 1.95 bits per heavy atom. The van der Waals surface area contributed by atoms with Crippen molar-refractivity contribution in [3.8, 4) is 0 Å². The Kier molecular flexibility index (Phi) is 4.48. The Morgan fingerprint density at radius 3 is 2.65 bits per heavy atom. The van der Waals surface area contributed by atoms with E-state index < -0.39 is 0 Å². The van der Waals surface area contributed by atoms with E-state index in [2.05, 4.69) is 15.5 Å². The van der Waals surface area contributed by atoms with E-state index in [0.717, 1.165) is 11.4 Å². The number of aryl methyl sites for hydroxylation is 1. The Bertz CT molecular complexity index is 668. The van der Waals surface area contributed by atoms with Crippen LogP contribution >= 0.6 is 11.6 Å². The number of carbonyl (C=O) groups excluding carboxylic acids is 1. The zero-order valence-electron chi connectivity index (χ0n) is 11.2. The standard InChI is InChI=1S/C15H14ClN3O/c1-10-6-5-9-14(17-10)11(2)18-19-15(20)12-7-3-4-8-13(12)16/h3-9H,1-2H3,(H,19,20)/b18-11+. The van der Waals surface area contributed by atoms with Gasteiger partial charge in [0.1, 0.15) is 0 Å². The summed E-state index contributed by atoms with van der Waals surface area (Å²) in [5.74, 6) is -0.345. The van der Waals surface area contributed by atoms with Crippen LogP contribution in [0.1, 0.15) is 28.7 Å². The summed E-state index contributed by atoms with van der Waals surface area (Å²) in [6.07, 6.45) is 0. The molecule has 0 saturated carbocycles. The molecule has 0 bridgehead atoms. The number of rotatable bonds is 3. The summed E-state index contributed by atoms with van der Waals surface area (Å²) < 4.78 is 0. The zero-order valence-corrected chi connectivity index (χ0v) is 12.0. The molecule has 2 aromatic rings. The number of hydrogen-bond acceptors (Lipinski definition) is 3. The minimum absolute atomic E-state index is 0.345. The first-order valence-corrected chi connectivity index (χ1v) is 6.49. The molecule has 1 N–H and O–H groups in total. The van der Waals surface area contributed by atoms with Crippen LogP contribution in [0.4, 0.5) is 0 Å². The highest BCUT2D eigenvalue weighted by atomic mass is 35.5. The van der Waals surface area contributed by atoms with Gasteiger partial charge in [0.15, 0.2) is 0 Å². The van der Waals surface area contributed by atoms with Crippen molar-refractivity contribution in [2.24, 2.45) is 5.10 Å². The van der Waals surface area contributed by atoms with Gasteiger partial charge in [-0.05, 0) is 38.1 Å². The fourth-order valence-corrected chi connectivity index (χ4v) is 1.86. The fourth-order valence-electron chi connectivity index (χ4n) is 1.64. The molecule has 0 fully saturated rings. The van der Waals surface area contributed by atoms with E-state index in [-0.39, 0.29) is 5.91 Å². The summed E-state index contributed by atoms with van der Waals surface area (Å²) in [5, 5.41) is 4.44. The van der Waals surface area contributed by atoms with E-state index in [1.807, 2.05) is 25.1 Å². The first-order chi connectivity index (χ1) is 9.58. The highest BCUT2D eigenvalue weighted by Gasteiger charge is 2.08. The number of benzene rings is 1. The van der Waals surface area contributed by atoms with Gasteiger partial charge in [-0.2, -0.15) is 5.10 Å². The van der Waals surface area contributed by atoms with Crippen molar-refractivity contribution in [3.05, 3.63) is 64.4 Å². The maximum absolute atomic E-state index is 11.9. The number of carbonyl (C=O) groups is 1. The Morgan fingerprint density at radius 1 is 1.20 bits per heavy atom. The molecule has 1 aromatic heterocycles. The maximum Gasteiger partial charge on any atom is 0.272 e. The van der Waals surface area contributed by atoms with Crippen LogP contribution < -0.4 is 5.43 Å². The summed E-state index contributed by atoms with van der Waals surface area (Å²) in [6.45, 7) is 3.69. The topological polar surface area (TPSA) is 54.4 Å². The van der Waals surface area contributed by atoms with Crippen molar-refractivity contribution < 1.29 is 4.79 Å². The van der Waals surface area contributed by atoms with Crippen LogP contribution in [0.2, 0.25) is 5.02 Å². The molecule has 0 aliphatic rings. The summed E-state index contributed by atoms with van der Waals surface area (Å²) >= 11 is 5.95. The van der Waals surface area contributed by atoms with Crippen LogP contribution in [0.15, 0.2) is 47.6 Å². The van der Waals surface area contributed by atoms with Crippen molar-refractivity contribution in [2.75, 3.05) is 0 Å². The van der Waals surface area contributed by atoms with Gasteiger partial charge in [-0.1, -0.05) is 29.8 Å². The molecule has 1 aromatic carbocycles. The number of nitrogens with one attached hydrogen (secondary N) is 1. The van der Waals surface area contributed by atoms with Crippen LogP contribution in [0.5, 0.6) is 0 Å². The van der Waals surface area contributed by atoms with Crippen molar-refractivity contribution in [2.45, 2.75) is 13.8 Å². The molecule has 5 heteroatoms. The number of hydrogen-bond donors (Lipinski definition) is 1. The van der Waals surface area contributed by atoms with Gasteiger partial charge in [0.25, 0.3) is 5.91 Å². The Labute approximate surface area is 122 Å². The average Bonchev–Trinajstić information content (AvgIpc) is 2.45. The molecule has 0 aliphatic heterocycles. The lowest BCUT2D eigenvalue weighted by atomic mass is 10.2. The number of pyridine rings is 1. The molecular formula is C15H14ClN3O. The van der Waals surface area contributed by atoms with E-state index in [1.54, 1.807) is 31.2 Å². The predicted octanol–water partition coefficient (Wildman–Crippen LogP) is 3.20. The number of amides is 1. The van der Waals surface area contributed by atoms with Crippen molar-refractivity contribution >= 4 is 23.2 Å². The van der Waals surface area contributed by atoms with E-state index in [0.29, 0.717) is 16.3 Å². The monoisotopic (exact) mass is 287 g/mol. The second-order valence-corrected chi connectivity index (χ2v) is 4.69.